The minimum Gasteiger partial charge on any atom is -0.344 e. The van der Waals surface area contributed by atoms with Crippen molar-refractivity contribution in [3.63, 3.8) is 0 Å². The van der Waals surface area contributed by atoms with Gasteiger partial charge < -0.3 is 9.88 Å². The molecule has 31 heavy (non-hydrogen) atoms. The number of rotatable bonds is 5. The number of thiazole rings is 1. The lowest BCUT2D eigenvalue weighted by atomic mass is 10.2. The van der Waals surface area contributed by atoms with Crippen LogP contribution >= 0.6 is 23.7 Å². The summed E-state index contributed by atoms with van der Waals surface area (Å²) in [5.41, 5.74) is 5.81. The van der Waals surface area contributed by atoms with E-state index in [1.165, 1.54) is 11.3 Å². The Balaban J connectivity index is 0.00000272. The Labute approximate surface area is 193 Å². The fraction of sp³-hybridized carbons (Fsp3) is 0.364. The van der Waals surface area contributed by atoms with Gasteiger partial charge in [0.2, 0.25) is 5.91 Å². The average molecular weight is 480 g/mol. The van der Waals surface area contributed by atoms with Crippen molar-refractivity contribution in [1.29, 1.82) is 0 Å². The summed E-state index contributed by atoms with van der Waals surface area (Å²) in [6.07, 6.45) is 0.873. The Morgan fingerprint density at radius 2 is 1.94 bits per heavy atom. The number of carbonyl (C=O) groups is 1. The predicted molar refractivity (Wildman–Crippen MR) is 128 cm³/mol. The number of anilines is 1. The molecule has 9 heteroatoms. The molecule has 1 unspecified atom stereocenters. The molecule has 3 heterocycles. The quantitative estimate of drug-likeness (QED) is 0.584. The highest BCUT2D eigenvalue weighted by Crippen LogP contribution is 2.34. The van der Waals surface area contributed by atoms with Gasteiger partial charge in [0, 0.05) is 34.1 Å². The number of nitrogens with one attached hydrogen (secondary N) is 1. The highest BCUT2D eigenvalue weighted by Gasteiger charge is 2.31. The lowest BCUT2D eigenvalue weighted by Gasteiger charge is -2.16. The normalized spacial score (nSPS) is 17.3. The van der Waals surface area contributed by atoms with Crippen molar-refractivity contribution in [2.75, 3.05) is 16.8 Å². The van der Waals surface area contributed by atoms with Crippen LogP contribution in [-0.4, -0.2) is 35.4 Å². The smallest absolute Gasteiger partial charge is 0.231 e. The molecule has 1 atom stereocenters. The van der Waals surface area contributed by atoms with Crippen molar-refractivity contribution in [2.24, 2.45) is 0 Å². The molecule has 4 rings (SSSR count). The van der Waals surface area contributed by atoms with Crippen molar-refractivity contribution in [3.8, 4) is 11.3 Å². The van der Waals surface area contributed by atoms with E-state index < -0.39 is 9.84 Å². The standard InChI is InChI=1S/C22H25N3O3S2.ClH/c1-14-4-6-17(7-5-14)23-21(26)11-22-24-20(12-29-22)19-10-15(2)25(16(19)3)18-8-9-30(27,28)13-18;/h4-7,10,12,18H,8-9,11,13H2,1-3H3,(H,23,26);1H. The largest absolute Gasteiger partial charge is 0.344 e. The van der Waals surface area contributed by atoms with Crippen LogP contribution in [0.5, 0.6) is 0 Å². The molecule has 166 valence electrons. The number of nitrogens with zero attached hydrogens (tertiary/aromatic N) is 2. The number of benzene rings is 1. The van der Waals surface area contributed by atoms with Gasteiger partial charge in [-0.25, -0.2) is 13.4 Å². The summed E-state index contributed by atoms with van der Waals surface area (Å²) < 4.78 is 25.9. The Morgan fingerprint density at radius 3 is 2.58 bits per heavy atom. The third-order valence-corrected chi connectivity index (χ3v) is 8.13. The summed E-state index contributed by atoms with van der Waals surface area (Å²) in [5.74, 6) is 0.354. The first-order chi connectivity index (χ1) is 14.2. The summed E-state index contributed by atoms with van der Waals surface area (Å²) in [6.45, 7) is 6.02. The van der Waals surface area contributed by atoms with Gasteiger partial charge >= 0.3 is 0 Å². The van der Waals surface area contributed by atoms with E-state index in [4.69, 9.17) is 0 Å². The molecule has 3 aromatic rings. The second-order valence-electron chi connectivity index (χ2n) is 7.93. The third-order valence-electron chi connectivity index (χ3n) is 5.53. The maximum Gasteiger partial charge on any atom is 0.231 e. The number of sulfone groups is 1. The number of halogens is 1. The topological polar surface area (TPSA) is 81.1 Å². The van der Waals surface area contributed by atoms with Gasteiger partial charge in [0.15, 0.2) is 9.84 Å². The third kappa shape index (κ3) is 5.19. The molecule has 1 N–H and O–H groups in total. The summed E-state index contributed by atoms with van der Waals surface area (Å²) in [7, 11) is -2.95. The van der Waals surface area contributed by atoms with Crippen LogP contribution in [0.15, 0.2) is 35.7 Å². The monoisotopic (exact) mass is 479 g/mol. The number of aryl methyl sites for hydroxylation is 2. The van der Waals surface area contributed by atoms with Crippen molar-refractivity contribution >= 4 is 45.2 Å². The number of carbonyl (C=O) groups excluding carboxylic acids is 1. The Kier molecular flexibility index (Phi) is 6.93. The van der Waals surface area contributed by atoms with Crippen molar-refractivity contribution in [1.82, 2.24) is 9.55 Å². The molecule has 2 aromatic heterocycles. The Hall–Kier alpha value is -2.16. The van der Waals surface area contributed by atoms with E-state index in [0.717, 1.165) is 38.9 Å². The zero-order valence-electron chi connectivity index (χ0n) is 17.7. The van der Waals surface area contributed by atoms with Crippen molar-refractivity contribution < 1.29 is 13.2 Å². The number of amides is 1. The van der Waals surface area contributed by atoms with Gasteiger partial charge in [0.1, 0.15) is 5.01 Å². The molecule has 0 saturated carbocycles. The maximum absolute atomic E-state index is 12.4. The number of hydrogen-bond acceptors (Lipinski definition) is 5. The van der Waals surface area contributed by atoms with Gasteiger partial charge in [-0.15, -0.1) is 23.7 Å². The van der Waals surface area contributed by atoms with E-state index in [1.54, 1.807) is 0 Å². The zero-order valence-corrected chi connectivity index (χ0v) is 20.2. The van der Waals surface area contributed by atoms with Gasteiger partial charge in [0.05, 0.1) is 23.6 Å². The first-order valence-corrected chi connectivity index (χ1v) is 12.6. The minimum absolute atomic E-state index is 0. The second kappa shape index (κ2) is 9.14. The molecule has 0 spiro atoms. The van der Waals surface area contributed by atoms with Crippen LogP contribution in [0.3, 0.4) is 0 Å². The highest BCUT2D eigenvalue weighted by molar-refractivity contribution is 7.91. The highest BCUT2D eigenvalue weighted by atomic mass is 35.5. The summed E-state index contributed by atoms with van der Waals surface area (Å²) >= 11 is 1.46. The van der Waals surface area contributed by atoms with Gasteiger partial charge in [-0.2, -0.15) is 0 Å². The summed E-state index contributed by atoms with van der Waals surface area (Å²) in [6, 6.07) is 9.75. The van der Waals surface area contributed by atoms with E-state index in [1.807, 2.05) is 50.4 Å². The zero-order chi connectivity index (χ0) is 21.5. The summed E-state index contributed by atoms with van der Waals surface area (Å²) in [5, 5.41) is 5.62. The van der Waals surface area contributed by atoms with Crippen LogP contribution in [0.4, 0.5) is 5.69 Å². The Bertz CT molecular complexity index is 1200. The molecule has 1 aliphatic rings. The fourth-order valence-electron chi connectivity index (χ4n) is 4.07. The first-order valence-electron chi connectivity index (χ1n) is 9.92. The van der Waals surface area contributed by atoms with E-state index in [-0.39, 0.29) is 42.3 Å². The van der Waals surface area contributed by atoms with Crippen molar-refractivity contribution in [3.05, 3.63) is 57.7 Å². The molecule has 1 fully saturated rings. The van der Waals surface area contributed by atoms with Crippen LogP contribution in [0, 0.1) is 20.8 Å². The summed E-state index contributed by atoms with van der Waals surface area (Å²) in [4.78, 5) is 17.0. The average Bonchev–Trinajstić information content (AvgIpc) is 3.34. The lowest BCUT2D eigenvalue weighted by molar-refractivity contribution is -0.115. The lowest BCUT2D eigenvalue weighted by Crippen LogP contribution is -2.14. The molecule has 1 amide bonds. The SMILES string of the molecule is Cc1ccc(NC(=O)Cc2nc(-c3cc(C)n(C4CCS(=O)(=O)C4)c3C)cs2)cc1.Cl. The van der Waals surface area contributed by atoms with Gasteiger partial charge in [0.25, 0.3) is 0 Å². The van der Waals surface area contributed by atoms with Crippen LogP contribution in [0.1, 0.15) is 34.4 Å². The number of aromatic nitrogens is 2. The molecule has 0 bridgehead atoms. The molecule has 1 aromatic carbocycles. The predicted octanol–water partition coefficient (Wildman–Crippen LogP) is 4.50. The van der Waals surface area contributed by atoms with E-state index in [0.29, 0.717) is 6.42 Å². The second-order valence-corrected chi connectivity index (χ2v) is 11.1. The van der Waals surface area contributed by atoms with E-state index >= 15 is 0 Å². The molecular weight excluding hydrogens is 454 g/mol. The molecule has 0 aliphatic carbocycles. The van der Waals surface area contributed by atoms with Crippen LogP contribution < -0.4 is 5.32 Å². The van der Waals surface area contributed by atoms with E-state index in [2.05, 4.69) is 20.9 Å². The molecule has 1 aliphatic heterocycles. The van der Waals surface area contributed by atoms with Gasteiger partial charge in [-0.1, -0.05) is 17.7 Å². The van der Waals surface area contributed by atoms with Crippen molar-refractivity contribution in [2.45, 2.75) is 39.7 Å². The minimum atomic E-state index is -2.95. The Morgan fingerprint density at radius 1 is 1.23 bits per heavy atom. The molecule has 1 saturated heterocycles. The van der Waals surface area contributed by atoms with Crippen LogP contribution in [0.2, 0.25) is 0 Å². The first kappa shape index (κ1) is 23.5. The maximum atomic E-state index is 12.4. The molecule has 6 nitrogen and oxygen atoms in total. The van der Waals surface area contributed by atoms with Crippen LogP contribution in [-0.2, 0) is 21.1 Å². The van der Waals surface area contributed by atoms with E-state index in [9.17, 15) is 13.2 Å². The molecular formula is C22H26ClN3O3S2. The fourth-order valence-corrected chi connectivity index (χ4v) is 6.57. The number of hydrogen-bond donors (Lipinski definition) is 1. The molecule has 0 radical (unpaired) electrons. The van der Waals surface area contributed by atoms with Gasteiger partial charge in [-0.05, 0) is 45.4 Å². The van der Waals surface area contributed by atoms with Crippen LogP contribution in [0.25, 0.3) is 11.3 Å². The van der Waals surface area contributed by atoms with Gasteiger partial charge in [-0.3, -0.25) is 4.79 Å².